The van der Waals surface area contributed by atoms with E-state index in [1.54, 1.807) is 6.92 Å². The average Bonchev–Trinajstić information content (AvgIpc) is 2.62. The molecule has 17 heavy (non-hydrogen) atoms. The second kappa shape index (κ2) is 6.37. The molecule has 1 aromatic heterocycles. The van der Waals surface area contributed by atoms with Crippen molar-refractivity contribution >= 4 is 5.97 Å². The Balaban J connectivity index is 2.97. The van der Waals surface area contributed by atoms with Crippen LogP contribution < -0.4 is 0 Å². The first-order valence-corrected chi connectivity index (χ1v) is 6.19. The van der Waals surface area contributed by atoms with E-state index in [2.05, 4.69) is 31.1 Å². The molecule has 5 nitrogen and oxygen atoms in total. The molecule has 0 fully saturated rings. The predicted molar refractivity (Wildman–Crippen MR) is 64.8 cm³/mol. The number of ether oxygens (including phenoxy) is 1. The molecular formula is C12H21N3O2. The highest BCUT2D eigenvalue weighted by Gasteiger charge is 2.20. The minimum absolute atomic E-state index is 0.363. The Hall–Kier alpha value is -1.39. The van der Waals surface area contributed by atoms with Crippen molar-refractivity contribution in [3.8, 4) is 0 Å². The molecule has 5 heteroatoms. The first-order chi connectivity index (χ1) is 8.10. The summed E-state index contributed by atoms with van der Waals surface area (Å²) in [6.45, 7) is 9.23. The van der Waals surface area contributed by atoms with Gasteiger partial charge >= 0.3 is 5.97 Å². The van der Waals surface area contributed by atoms with Crippen LogP contribution in [-0.4, -0.2) is 27.6 Å². The maximum absolute atomic E-state index is 11.7. The van der Waals surface area contributed by atoms with Gasteiger partial charge in [-0.05, 0) is 19.3 Å². The SMILES string of the molecule is CCCc1c(C(=O)OCC)nnn1CC(C)C. The zero-order valence-electron chi connectivity index (χ0n) is 11.1. The normalized spacial score (nSPS) is 10.9. The molecule has 0 unspecified atom stereocenters. The standard InChI is InChI=1S/C12H21N3O2/c1-5-7-10-11(12(16)17-6-2)13-14-15(10)8-9(3)4/h9H,5-8H2,1-4H3. The lowest BCUT2D eigenvalue weighted by Gasteiger charge is -2.08. The molecule has 0 bridgehead atoms. The number of esters is 1. The van der Waals surface area contributed by atoms with Crippen LogP contribution in [0.2, 0.25) is 0 Å². The summed E-state index contributed by atoms with van der Waals surface area (Å²) < 4.78 is 6.80. The fourth-order valence-corrected chi connectivity index (χ4v) is 1.67. The largest absolute Gasteiger partial charge is 0.461 e. The van der Waals surface area contributed by atoms with E-state index in [1.165, 1.54) is 0 Å². The molecule has 0 aromatic carbocycles. The van der Waals surface area contributed by atoms with Crippen molar-refractivity contribution in [1.29, 1.82) is 0 Å². The molecule has 0 aliphatic rings. The van der Waals surface area contributed by atoms with E-state index in [1.807, 2.05) is 4.68 Å². The third-order valence-corrected chi connectivity index (χ3v) is 2.33. The molecule has 0 aliphatic carbocycles. The van der Waals surface area contributed by atoms with Gasteiger partial charge in [-0.3, -0.25) is 0 Å². The predicted octanol–water partition coefficient (Wildman–Crippen LogP) is 2.06. The molecule has 1 aromatic rings. The lowest BCUT2D eigenvalue weighted by Crippen LogP contribution is -2.13. The molecular weight excluding hydrogens is 218 g/mol. The van der Waals surface area contributed by atoms with Crippen molar-refractivity contribution in [3.63, 3.8) is 0 Å². The third kappa shape index (κ3) is 3.54. The Labute approximate surface area is 102 Å². The molecule has 0 saturated carbocycles. The molecule has 0 aliphatic heterocycles. The molecule has 0 saturated heterocycles. The molecule has 0 spiro atoms. The summed E-state index contributed by atoms with van der Waals surface area (Å²) in [6.07, 6.45) is 1.76. The Kier molecular flexibility index (Phi) is 5.12. The van der Waals surface area contributed by atoms with Crippen LogP contribution in [0.3, 0.4) is 0 Å². The van der Waals surface area contributed by atoms with E-state index in [4.69, 9.17) is 4.74 Å². The molecule has 1 rings (SSSR count). The summed E-state index contributed by atoms with van der Waals surface area (Å²) in [5.41, 5.74) is 1.26. The van der Waals surface area contributed by atoms with Crippen LogP contribution >= 0.6 is 0 Å². The first kappa shape index (κ1) is 13.7. The number of carbonyl (C=O) groups is 1. The quantitative estimate of drug-likeness (QED) is 0.713. The highest BCUT2D eigenvalue weighted by molar-refractivity contribution is 5.88. The van der Waals surface area contributed by atoms with Crippen molar-refractivity contribution in [2.75, 3.05) is 6.61 Å². The van der Waals surface area contributed by atoms with Gasteiger partial charge in [-0.15, -0.1) is 5.10 Å². The summed E-state index contributed by atoms with van der Waals surface area (Å²) in [4.78, 5) is 11.7. The minimum atomic E-state index is -0.369. The first-order valence-electron chi connectivity index (χ1n) is 6.19. The van der Waals surface area contributed by atoms with Gasteiger partial charge < -0.3 is 4.74 Å². The van der Waals surface area contributed by atoms with E-state index in [0.29, 0.717) is 18.2 Å². The van der Waals surface area contributed by atoms with Crippen molar-refractivity contribution in [1.82, 2.24) is 15.0 Å². The number of rotatable bonds is 6. The second-order valence-corrected chi connectivity index (χ2v) is 4.43. The van der Waals surface area contributed by atoms with Crippen LogP contribution in [0.4, 0.5) is 0 Å². The zero-order chi connectivity index (χ0) is 12.8. The molecule has 0 atom stereocenters. The van der Waals surface area contributed by atoms with Crippen LogP contribution in [0, 0.1) is 5.92 Å². The van der Waals surface area contributed by atoms with E-state index in [-0.39, 0.29) is 5.97 Å². The summed E-state index contributed by atoms with van der Waals surface area (Å²) in [6, 6.07) is 0. The van der Waals surface area contributed by atoms with Crippen molar-refractivity contribution in [2.45, 2.75) is 47.1 Å². The van der Waals surface area contributed by atoms with E-state index < -0.39 is 0 Å². The van der Waals surface area contributed by atoms with Crippen molar-refractivity contribution in [3.05, 3.63) is 11.4 Å². The summed E-state index contributed by atoms with van der Waals surface area (Å²) in [7, 11) is 0. The van der Waals surface area contributed by atoms with Gasteiger partial charge in [-0.2, -0.15) is 0 Å². The van der Waals surface area contributed by atoms with E-state index >= 15 is 0 Å². The molecule has 0 radical (unpaired) electrons. The van der Waals surface area contributed by atoms with Crippen LogP contribution in [0.5, 0.6) is 0 Å². The topological polar surface area (TPSA) is 57.0 Å². The number of nitrogens with zero attached hydrogens (tertiary/aromatic N) is 3. The summed E-state index contributed by atoms with van der Waals surface area (Å²) >= 11 is 0. The number of hydrogen-bond acceptors (Lipinski definition) is 4. The van der Waals surface area contributed by atoms with Gasteiger partial charge in [-0.25, -0.2) is 9.48 Å². The van der Waals surface area contributed by atoms with Gasteiger partial charge in [-0.1, -0.05) is 32.4 Å². The van der Waals surface area contributed by atoms with Gasteiger partial charge in [0.15, 0.2) is 5.69 Å². The van der Waals surface area contributed by atoms with Crippen LogP contribution in [0.25, 0.3) is 0 Å². The molecule has 96 valence electrons. The molecule has 1 heterocycles. The monoisotopic (exact) mass is 239 g/mol. The van der Waals surface area contributed by atoms with E-state index in [0.717, 1.165) is 25.1 Å². The fourth-order valence-electron chi connectivity index (χ4n) is 1.67. The highest BCUT2D eigenvalue weighted by atomic mass is 16.5. The lowest BCUT2D eigenvalue weighted by atomic mass is 10.2. The van der Waals surface area contributed by atoms with E-state index in [9.17, 15) is 4.79 Å². The van der Waals surface area contributed by atoms with Gasteiger partial charge in [0.1, 0.15) is 0 Å². The molecule has 0 amide bonds. The summed E-state index contributed by atoms with van der Waals surface area (Å²) in [5.74, 6) is 0.105. The fraction of sp³-hybridized carbons (Fsp3) is 0.750. The molecule has 0 N–H and O–H groups in total. The Morgan fingerprint density at radius 3 is 2.65 bits per heavy atom. The Morgan fingerprint density at radius 1 is 1.41 bits per heavy atom. The minimum Gasteiger partial charge on any atom is -0.461 e. The van der Waals surface area contributed by atoms with Crippen LogP contribution in [0.1, 0.15) is 50.3 Å². The number of hydrogen-bond donors (Lipinski definition) is 0. The number of carbonyl (C=O) groups excluding carboxylic acids is 1. The van der Waals surface area contributed by atoms with Gasteiger partial charge in [0, 0.05) is 6.54 Å². The van der Waals surface area contributed by atoms with Crippen molar-refractivity contribution < 1.29 is 9.53 Å². The maximum atomic E-state index is 11.7. The third-order valence-electron chi connectivity index (χ3n) is 2.33. The van der Waals surface area contributed by atoms with Gasteiger partial charge in [0.2, 0.25) is 0 Å². The highest BCUT2D eigenvalue weighted by Crippen LogP contribution is 2.12. The smallest absolute Gasteiger partial charge is 0.360 e. The Bertz CT molecular complexity index is 372. The average molecular weight is 239 g/mol. The Morgan fingerprint density at radius 2 is 2.12 bits per heavy atom. The second-order valence-electron chi connectivity index (χ2n) is 4.43. The zero-order valence-corrected chi connectivity index (χ0v) is 11.1. The number of aromatic nitrogens is 3. The van der Waals surface area contributed by atoms with Crippen LogP contribution in [-0.2, 0) is 17.7 Å². The maximum Gasteiger partial charge on any atom is 0.360 e. The summed E-state index contributed by atoms with van der Waals surface area (Å²) in [5, 5.41) is 7.99. The van der Waals surface area contributed by atoms with Crippen molar-refractivity contribution in [2.24, 2.45) is 5.92 Å². The van der Waals surface area contributed by atoms with Crippen LogP contribution in [0.15, 0.2) is 0 Å². The van der Waals surface area contributed by atoms with Gasteiger partial charge in [0.05, 0.1) is 12.3 Å². The lowest BCUT2D eigenvalue weighted by molar-refractivity contribution is 0.0518. The van der Waals surface area contributed by atoms with Gasteiger partial charge in [0.25, 0.3) is 0 Å².